The van der Waals surface area contributed by atoms with Gasteiger partial charge in [0, 0.05) is 21.5 Å². The molecule has 0 radical (unpaired) electrons. The number of hydrogen-bond donors (Lipinski definition) is 4. The van der Waals surface area contributed by atoms with Crippen molar-refractivity contribution in [3.05, 3.63) is 33.2 Å². The summed E-state index contributed by atoms with van der Waals surface area (Å²) in [6, 6.07) is 1.29. The molecule has 25 heavy (non-hydrogen) atoms. The van der Waals surface area contributed by atoms with Gasteiger partial charge in [-0.05, 0) is 11.6 Å². The maximum absolute atomic E-state index is 11.7. The van der Waals surface area contributed by atoms with Gasteiger partial charge in [0.1, 0.15) is 18.0 Å². The smallest absolute Gasteiger partial charge is 0.351 e. The van der Waals surface area contributed by atoms with Gasteiger partial charge in [0.2, 0.25) is 5.72 Å². The SMILES string of the molecule is O=S(=O)([O-])[O-].[N-]=[N+]=N[C@]1(CO)OC(n2ccc(N)nc2=O)C(O)C1O. The Morgan fingerprint density at radius 1 is 1.52 bits per heavy atom. The summed E-state index contributed by atoms with van der Waals surface area (Å²) >= 11 is 0. The molecule has 1 aliphatic heterocycles. The van der Waals surface area contributed by atoms with Gasteiger partial charge >= 0.3 is 5.69 Å². The van der Waals surface area contributed by atoms with Gasteiger partial charge in [0.05, 0.1) is 6.61 Å². The molecule has 140 valence electrons. The van der Waals surface area contributed by atoms with Crippen molar-refractivity contribution in [2.24, 2.45) is 5.11 Å². The fourth-order valence-corrected chi connectivity index (χ4v) is 1.93. The van der Waals surface area contributed by atoms with E-state index in [0.29, 0.717) is 0 Å². The lowest BCUT2D eigenvalue weighted by Gasteiger charge is -2.23. The number of nitrogens with zero attached hydrogens (tertiary/aromatic N) is 5. The van der Waals surface area contributed by atoms with Gasteiger partial charge in [-0.3, -0.25) is 13.0 Å². The summed E-state index contributed by atoms with van der Waals surface area (Å²) in [6.07, 6.45) is -3.48. The van der Waals surface area contributed by atoms with Crippen molar-refractivity contribution in [3.63, 3.8) is 0 Å². The van der Waals surface area contributed by atoms with Gasteiger partial charge in [-0.2, -0.15) is 4.98 Å². The number of aliphatic hydroxyl groups is 3. The van der Waals surface area contributed by atoms with Crippen LogP contribution in [0.1, 0.15) is 6.23 Å². The molecular weight excluding hydrogens is 368 g/mol. The molecule has 15 nitrogen and oxygen atoms in total. The van der Waals surface area contributed by atoms with Crippen molar-refractivity contribution in [1.29, 1.82) is 0 Å². The molecule has 0 aromatic carbocycles. The standard InChI is InChI=1S/C9H12N6O5.H2O4S/c10-4-1-2-15(8(19)12-4)7-5(17)6(18)9(3-16,20-7)13-14-11;1-5(2,3)4/h1-2,5-7,16-18H,3H2,(H2,10,12,19);(H2,1,2,3,4)/p-2/t5?,6?,7?,9-;/m1./s1. The third-order valence-corrected chi connectivity index (χ3v) is 2.97. The van der Waals surface area contributed by atoms with Gasteiger partial charge in [-0.1, -0.05) is 5.11 Å². The summed E-state index contributed by atoms with van der Waals surface area (Å²) in [7, 11) is -5.17. The first-order valence-electron chi connectivity index (χ1n) is 6.17. The van der Waals surface area contributed by atoms with E-state index in [0.717, 1.165) is 4.57 Å². The molecule has 0 aliphatic carbocycles. The summed E-state index contributed by atoms with van der Waals surface area (Å²) in [6.45, 7) is -0.872. The van der Waals surface area contributed by atoms with Gasteiger partial charge in [0.25, 0.3) is 0 Å². The van der Waals surface area contributed by atoms with Crippen LogP contribution in [0.25, 0.3) is 10.4 Å². The average Bonchev–Trinajstić information content (AvgIpc) is 2.72. The first-order valence-corrected chi connectivity index (χ1v) is 7.51. The van der Waals surface area contributed by atoms with Gasteiger partial charge < -0.3 is 34.9 Å². The molecule has 1 aliphatic rings. The zero-order chi connectivity index (χ0) is 19.4. The first-order chi connectivity index (χ1) is 11.4. The van der Waals surface area contributed by atoms with Crippen LogP contribution in [-0.2, 0) is 15.1 Å². The predicted molar refractivity (Wildman–Crippen MR) is 74.5 cm³/mol. The van der Waals surface area contributed by atoms with Crippen LogP contribution in [0.3, 0.4) is 0 Å². The second-order valence-corrected chi connectivity index (χ2v) is 5.40. The Hall–Kier alpha value is -2.30. The maximum Gasteiger partial charge on any atom is 0.351 e. The van der Waals surface area contributed by atoms with Crippen LogP contribution in [0.15, 0.2) is 22.2 Å². The highest BCUT2D eigenvalue weighted by Crippen LogP contribution is 2.37. The Balaban J connectivity index is 0.000000550. The summed E-state index contributed by atoms with van der Waals surface area (Å²) in [5, 5.41) is 32.2. The van der Waals surface area contributed by atoms with E-state index < -0.39 is 46.9 Å². The molecule has 1 aromatic heterocycles. The Bertz CT molecular complexity index is 813. The Labute approximate surface area is 139 Å². The lowest BCUT2D eigenvalue weighted by Crippen LogP contribution is -2.44. The van der Waals surface area contributed by atoms with Crippen LogP contribution < -0.4 is 11.4 Å². The third kappa shape index (κ3) is 5.08. The summed E-state index contributed by atoms with van der Waals surface area (Å²) < 4.78 is 40.1. The number of rotatable bonds is 3. The van der Waals surface area contributed by atoms with Crippen LogP contribution in [-0.4, -0.2) is 66.9 Å². The zero-order valence-electron chi connectivity index (χ0n) is 12.1. The third-order valence-electron chi connectivity index (χ3n) is 2.97. The number of aromatic nitrogens is 2. The van der Waals surface area contributed by atoms with Crippen molar-refractivity contribution < 1.29 is 37.6 Å². The highest BCUT2D eigenvalue weighted by Gasteiger charge is 2.54. The van der Waals surface area contributed by atoms with Crippen molar-refractivity contribution in [2.45, 2.75) is 24.2 Å². The van der Waals surface area contributed by atoms with E-state index in [9.17, 15) is 20.1 Å². The highest BCUT2D eigenvalue weighted by molar-refractivity contribution is 7.79. The first kappa shape index (κ1) is 20.7. The molecule has 0 amide bonds. The monoisotopic (exact) mass is 380 g/mol. The predicted octanol–water partition coefficient (Wildman–Crippen LogP) is -3.26. The molecule has 0 spiro atoms. The van der Waals surface area contributed by atoms with Crippen molar-refractivity contribution in [1.82, 2.24) is 9.55 Å². The number of anilines is 1. The minimum absolute atomic E-state index is 0.0252. The molecule has 2 rings (SSSR count). The number of aliphatic hydroxyl groups excluding tert-OH is 3. The summed E-state index contributed by atoms with van der Waals surface area (Å²) in [4.78, 5) is 17.6. The minimum atomic E-state index is -5.17. The molecular formula is C9H12N6O9S-2. The fraction of sp³-hybridized carbons (Fsp3) is 0.556. The van der Waals surface area contributed by atoms with Crippen LogP contribution in [0.4, 0.5) is 5.82 Å². The molecule has 2 heterocycles. The summed E-state index contributed by atoms with van der Waals surface area (Å²) in [5.74, 6) is -0.0252. The number of hydrogen-bond acceptors (Lipinski definition) is 12. The minimum Gasteiger partial charge on any atom is -0.759 e. The van der Waals surface area contributed by atoms with Crippen LogP contribution in [0.2, 0.25) is 0 Å². The maximum atomic E-state index is 11.7. The molecule has 16 heteroatoms. The number of nitrogens with two attached hydrogens (primary N) is 1. The Morgan fingerprint density at radius 3 is 2.52 bits per heavy atom. The van der Waals surface area contributed by atoms with Crippen LogP contribution >= 0.6 is 0 Å². The number of azide groups is 1. The topological polar surface area (TPSA) is 260 Å². The molecule has 3 unspecified atom stereocenters. The number of ether oxygens (including phenoxy) is 1. The van der Waals surface area contributed by atoms with E-state index in [-0.39, 0.29) is 5.82 Å². The van der Waals surface area contributed by atoms with E-state index in [1.165, 1.54) is 12.3 Å². The quantitative estimate of drug-likeness (QED) is 0.133. The lowest BCUT2D eigenvalue weighted by atomic mass is 10.1. The second kappa shape index (κ2) is 7.72. The van der Waals surface area contributed by atoms with E-state index in [1.54, 1.807) is 0 Å². The van der Waals surface area contributed by atoms with Gasteiger partial charge in [-0.15, -0.1) is 0 Å². The molecule has 1 saturated heterocycles. The van der Waals surface area contributed by atoms with E-state index in [1.807, 2.05) is 0 Å². The Kier molecular flexibility index (Phi) is 6.41. The van der Waals surface area contributed by atoms with E-state index >= 15 is 0 Å². The summed E-state index contributed by atoms with van der Waals surface area (Å²) in [5.41, 5.74) is 10.9. The van der Waals surface area contributed by atoms with Crippen molar-refractivity contribution in [2.75, 3.05) is 12.3 Å². The zero-order valence-corrected chi connectivity index (χ0v) is 12.9. The van der Waals surface area contributed by atoms with Gasteiger partial charge in [0.15, 0.2) is 6.23 Å². The van der Waals surface area contributed by atoms with Gasteiger partial charge in [-0.25, -0.2) is 4.79 Å². The lowest BCUT2D eigenvalue weighted by molar-refractivity contribution is -0.125. The van der Waals surface area contributed by atoms with Crippen molar-refractivity contribution >= 4 is 16.2 Å². The number of nitrogen functional groups attached to an aromatic ring is 1. The van der Waals surface area contributed by atoms with Crippen molar-refractivity contribution in [3.8, 4) is 0 Å². The van der Waals surface area contributed by atoms with E-state index in [4.69, 9.17) is 33.5 Å². The largest absolute Gasteiger partial charge is 0.759 e. The molecule has 5 N–H and O–H groups in total. The van der Waals surface area contributed by atoms with Crippen LogP contribution in [0.5, 0.6) is 0 Å². The normalized spacial score (nSPS) is 28.6. The highest BCUT2D eigenvalue weighted by atomic mass is 32.3. The fourth-order valence-electron chi connectivity index (χ4n) is 1.93. The van der Waals surface area contributed by atoms with Crippen LogP contribution in [0, 0.1) is 0 Å². The van der Waals surface area contributed by atoms with E-state index in [2.05, 4.69) is 15.0 Å². The second-order valence-electron chi connectivity index (χ2n) is 4.59. The average molecular weight is 380 g/mol. The molecule has 0 saturated carbocycles. The molecule has 4 atom stereocenters. The molecule has 1 aromatic rings. The Morgan fingerprint density at radius 2 is 2.08 bits per heavy atom. The molecule has 0 bridgehead atoms. The molecule has 1 fully saturated rings.